The van der Waals surface area contributed by atoms with Crippen LogP contribution in [0.2, 0.25) is 0 Å². The zero-order valence-electron chi connectivity index (χ0n) is 15.2. The van der Waals surface area contributed by atoms with Gasteiger partial charge < -0.3 is 11.1 Å². The maximum absolute atomic E-state index is 13.2. The van der Waals surface area contributed by atoms with Gasteiger partial charge in [0.15, 0.2) is 11.5 Å². The number of amides is 1. The van der Waals surface area contributed by atoms with E-state index in [1.54, 1.807) is 18.2 Å². The van der Waals surface area contributed by atoms with Crippen LogP contribution in [0.15, 0.2) is 65.8 Å². The Morgan fingerprint density at radius 1 is 1.00 bits per heavy atom. The number of rotatable bonds is 7. The Morgan fingerprint density at radius 2 is 1.69 bits per heavy atom. The predicted molar refractivity (Wildman–Crippen MR) is 104 cm³/mol. The number of hydrogen-bond acceptors (Lipinski definition) is 6. The summed E-state index contributed by atoms with van der Waals surface area (Å²) in [6.45, 7) is 0.0229. The second-order valence-corrected chi connectivity index (χ2v) is 7.84. The summed E-state index contributed by atoms with van der Waals surface area (Å²) in [7, 11) is -3.82. The first-order valence-electron chi connectivity index (χ1n) is 8.53. The lowest BCUT2D eigenvalue weighted by Crippen LogP contribution is -2.26. The van der Waals surface area contributed by atoms with Gasteiger partial charge >= 0.3 is 0 Å². The number of carbonyl (C=O) groups is 1. The number of halogens is 1. The number of benzene rings is 2. The van der Waals surface area contributed by atoms with E-state index in [0.29, 0.717) is 11.1 Å². The van der Waals surface area contributed by atoms with Crippen molar-refractivity contribution in [1.82, 2.24) is 20.0 Å². The summed E-state index contributed by atoms with van der Waals surface area (Å²) in [5.41, 5.74) is 6.67. The molecule has 150 valence electrons. The normalized spacial score (nSPS) is 11.2. The molecule has 0 radical (unpaired) electrons. The molecule has 1 amide bonds. The average Bonchev–Trinajstić information content (AvgIpc) is 2.71. The third-order valence-electron chi connectivity index (χ3n) is 3.96. The fraction of sp³-hybridized carbons (Fsp3) is 0.105. The van der Waals surface area contributed by atoms with E-state index in [4.69, 9.17) is 5.73 Å². The zero-order chi connectivity index (χ0) is 20.9. The summed E-state index contributed by atoms with van der Waals surface area (Å²) in [5, 5.41) is 2.62. The van der Waals surface area contributed by atoms with E-state index < -0.39 is 21.7 Å². The molecule has 3 rings (SSSR count). The molecule has 0 unspecified atom stereocenters. The van der Waals surface area contributed by atoms with Crippen LogP contribution >= 0.6 is 0 Å². The van der Waals surface area contributed by atoms with Gasteiger partial charge in [-0.25, -0.2) is 27.5 Å². The van der Waals surface area contributed by atoms with E-state index in [0.717, 1.165) is 0 Å². The molecule has 0 aliphatic rings. The van der Waals surface area contributed by atoms with Gasteiger partial charge in [0.1, 0.15) is 5.82 Å². The van der Waals surface area contributed by atoms with E-state index >= 15 is 0 Å². The number of anilines is 1. The number of nitrogens with one attached hydrogen (secondary N) is 2. The smallest absolute Gasteiger partial charge is 0.273 e. The van der Waals surface area contributed by atoms with E-state index in [1.165, 1.54) is 42.7 Å². The second-order valence-electron chi connectivity index (χ2n) is 6.07. The average molecular weight is 415 g/mol. The van der Waals surface area contributed by atoms with Gasteiger partial charge in [0, 0.05) is 25.5 Å². The molecule has 3 aromatic rings. The quantitative estimate of drug-likeness (QED) is 0.538. The SMILES string of the molecule is Nc1nccnc1C(=O)NCc1cccc(S(=O)(=O)NCc2cccc(F)c2)c1. The van der Waals surface area contributed by atoms with E-state index in [2.05, 4.69) is 20.0 Å². The van der Waals surface area contributed by atoms with Crippen molar-refractivity contribution in [2.45, 2.75) is 18.0 Å². The highest BCUT2D eigenvalue weighted by atomic mass is 32.2. The highest BCUT2D eigenvalue weighted by Crippen LogP contribution is 2.13. The lowest BCUT2D eigenvalue weighted by atomic mass is 10.2. The van der Waals surface area contributed by atoms with Crippen molar-refractivity contribution in [3.63, 3.8) is 0 Å². The fourth-order valence-electron chi connectivity index (χ4n) is 2.52. The number of nitrogens with zero attached hydrogens (tertiary/aromatic N) is 2. The second kappa shape index (κ2) is 8.76. The van der Waals surface area contributed by atoms with Crippen LogP contribution in [0.1, 0.15) is 21.6 Å². The van der Waals surface area contributed by atoms with Crippen LogP contribution in [0.5, 0.6) is 0 Å². The minimum Gasteiger partial charge on any atom is -0.382 e. The summed E-state index contributed by atoms with van der Waals surface area (Å²) in [6.07, 6.45) is 2.72. The Balaban J connectivity index is 1.66. The van der Waals surface area contributed by atoms with E-state index in [-0.39, 0.29) is 29.5 Å². The van der Waals surface area contributed by atoms with Crippen molar-refractivity contribution in [1.29, 1.82) is 0 Å². The molecule has 29 heavy (non-hydrogen) atoms. The van der Waals surface area contributed by atoms with Crippen molar-refractivity contribution in [3.05, 3.63) is 83.6 Å². The molecule has 2 aromatic carbocycles. The Labute approximate surface area is 167 Å². The van der Waals surface area contributed by atoms with Gasteiger partial charge in [-0.1, -0.05) is 24.3 Å². The molecule has 0 bridgehead atoms. The molecule has 0 spiro atoms. The Hall–Kier alpha value is -3.37. The van der Waals surface area contributed by atoms with Crippen LogP contribution in [0.4, 0.5) is 10.2 Å². The minimum atomic E-state index is -3.82. The minimum absolute atomic E-state index is 0.00266. The maximum Gasteiger partial charge on any atom is 0.273 e. The molecule has 4 N–H and O–H groups in total. The molecule has 1 aromatic heterocycles. The Bertz CT molecular complexity index is 1140. The van der Waals surface area contributed by atoms with Gasteiger partial charge in [0.05, 0.1) is 4.90 Å². The number of nitrogens with two attached hydrogens (primary N) is 1. The first kappa shape index (κ1) is 20.4. The van der Waals surface area contributed by atoms with Crippen molar-refractivity contribution in [2.75, 3.05) is 5.73 Å². The van der Waals surface area contributed by atoms with E-state index in [9.17, 15) is 17.6 Å². The van der Waals surface area contributed by atoms with Crippen LogP contribution in [-0.4, -0.2) is 24.3 Å². The zero-order valence-corrected chi connectivity index (χ0v) is 16.0. The van der Waals surface area contributed by atoms with Crippen LogP contribution in [0.3, 0.4) is 0 Å². The summed E-state index contributed by atoms with van der Waals surface area (Å²) >= 11 is 0. The van der Waals surface area contributed by atoms with Gasteiger partial charge in [-0.2, -0.15) is 0 Å². The Kier molecular flexibility index (Phi) is 6.15. The summed E-state index contributed by atoms with van der Waals surface area (Å²) in [6, 6.07) is 11.8. The van der Waals surface area contributed by atoms with Crippen molar-refractivity contribution >= 4 is 21.7 Å². The van der Waals surface area contributed by atoms with Gasteiger partial charge in [-0.05, 0) is 35.4 Å². The first-order valence-corrected chi connectivity index (χ1v) is 10.0. The summed E-state index contributed by atoms with van der Waals surface area (Å²) in [4.78, 5) is 19.9. The number of nitrogen functional groups attached to an aromatic ring is 1. The van der Waals surface area contributed by atoms with Crippen molar-refractivity contribution in [2.24, 2.45) is 0 Å². The fourth-order valence-corrected chi connectivity index (χ4v) is 3.61. The molecule has 10 heteroatoms. The van der Waals surface area contributed by atoms with Crippen LogP contribution < -0.4 is 15.8 Å². The number of carbonyl (C=O) groups excluding carboxylic acids is 1. The third-order valence-corrected chi connectivity index (χ3v) is 5.36. The molecular formula is C19H18FN5O3S. The highest BCUT2D eigenvalue weighted by Gasteiger charge is 2.15. The highest BCUT2D eigenvalue weighted by molar-refractivity contribution is 7.89. The number of sulfonamides is 1. The molecule has 0 saturated heterocycles. The standard InChI is InChI=1S/C19H18FN5O3S/c20-15-5-1-3-13(9-15)12-25-29(27,28)16-6-2-4-14(10-16)11-24-19(26)17-18(21)23-8-7-22-17/h1-10,25H,11-12H2,(H2,21,23)(H,24,26). The predicted octanol–water partition coefficient (Wildman–Crippen LogP) is 1.61. The van der Waals surface area contributed by atoms with Crippen molar-refractivity contribution < 1.29 is 17.6 Å². The monoisotopic (exact) mass is 415 g/mol. The molecule has 0 saturated carbocycles. The lowest BCUT2D eigenvalue weighted by Gasteiger charge is -2.10. The van der Waals surface area contributed by atoms with Gasteiger partial charge in [-0.15, -0.1) is 0 Å². The molecule has 8 nitrogen and oxygen atoms in total. The summed E-state index contributed by atoms with van der Waals surface area (Å²) < 4.78 is 40.7. The third kappa shape index (κ3) is 5.33. The van der Waals surface area contributed by atoms with Crippen LogP contribution in [0, 0.1) is 5.82 Å². The molecule has 1 heterocycles. The largest absolute Gasteiger partial charge is 0.382 e. The molecule has 0 aliphatic carbocycles. The van der Waals surface area contributed by atoms with Gasteiger partial charge in [-0.3, -0.25) is 4.79 Å². The van der Waals surface area contributed by atoms with E-state index in [1.807, 2.05) is 0 Å². The maximum atomic E-state index is 13.2. The molecule has 0 atom stereocenters. The van der Waals surface area contributed by atoms with Crippen LogP contribution in [0.25, 0.3) is 0 Å². The number of aromatic nitrogens is 2. The lowest BCUT2D eigenvalue weighted by molar-refractivity contribution is 0.0946. The van der Waals surface area contributed by atoms with Gasteiger partial charge in [0.25, 0.3) is 5.91 Å². The molecule has 0 aliphatic heterocycles. The summed E-state index contributed by atoms with van der Waals surface area (Å²) in [5.74, 6) is -0.959. The van der Waals surface area contributed by atoms with Crippen molar-refractivity contribution in [3.8, 4) is 0 Å². The Morgan fingerprint density at radius 3 is 2.41 bits per heavy atom. The first-order chi connectivity index (χ1) is 13.8. The topological polar surface area (TPSA) is 127 Å². The van der Waals surface area contributed by atoms with Crippen LogP contribution in [-0.2, 0) is 23.1 Å². The molecule has 0 fully saturated rings. The number of hydrogen-bond donors (Lipinski definition) is 3. The molecular weight excluding hydrogens is 397 g/mol. The van der Waals surface area contributed by atoms with Gasteiger partial charge in [0.2, 0.25) is 10.0 Å².